The van der Waals surface area contributed by atoms with E-state index in [0.717, 1.165) is 35.0 Å². The quantitative estimate of drug-likeness (QED) is 0.729. The van der Waals surface area contributed by atoms with E-state index < -0.39 is 17.8 Å². The first-order chi connectivity index (χ1) is 11.3. The van der Waals surface area contributed by atoms with Crippen molar-refractivity contribution in [3.8, 4) is 0 Å². The van der Waals surface area contributed by atoms with Crippen LogP contribution in [0.4, 0.5) is 4.79 Å². The van der Waals surface area contributed by atoms with Crippen molar-refractivity contribution in [1.29, 1.82) is 0 Å². The fraction of sp³-hybridized carbons (Fsp3) is 0.474. The molecule has 1 aromatic carbocycles. The predicted octanol–water partition coefficient (Wildman–Crippen LogP) is 4.37. The maximum atomic E-state index is 12.8. The fourth-order valence-electron chi connectivity index (χ4n) is 3.35. The maximum absolute atomic E-state index is 12.8. The summed E-state index contributed by atoms with van der Waals surface area (Å²) in [5, 5.41) is 1.02. The van der Waals surface area contributed by atoms with Crippen LogP contribution in [0.15, 0.2) is 24.3 Å². The van der Waals surface area contributed by atoms with E-state index in [0.29, 0.717) is 6.42 Å². The van der Waals surface area contributed by atoms with Crippen molar-refractivity contribution in [3.63, 3.8) is 0 Å². The fourth-order valence-corrected chi connectivity index (χ4v) is 3.35. The first-order valence-electron chi connectivity index (χ1n) is 8.30. The van der Waals surface area contributed by atoms with Crippen LogP contribution in [0.5, 0.6) is 0 Å². The van der Waals surface area contributed by atoms with E-state index >= 15 is 0 Å². The van der Waals surface area contributed by atoms with Crippen LogP contribution in [0.3, 0.4) is 0 Å². The molecular weight excluding hydrogens is 306 g/mol. The van der Waals surface area contributed by atoms with Crippen LogP contribution in [0.25, 0.3) is 10.9 Å². The van der Waals surface area contributed by atoms with Crippen LogP contribution >= 0.6 is 0 Å². The maximum Gasteiger partial charge on any atom is 0.419 e. The lowest BCUT2D eigenvalue weighted by atomic mass is 9.93. The molecule has 0 fully saturated rings. The third kappa shape index (κ3) is 3.03. The second kappa shape index (κ2) is 5.96. The number of carbonyl (C=O) groups excluding carboxylic acids is 2. The first kappa shape index (κ1) is 16.6. The van der Waals surface area contributed by atoms with Crippen molar-refractivity contribution in [2.75, 3.05) is 0 Å². The normalized spacial score (nSPS) is 17.4. The Bertz CT molecular complexity index is 798. The molecule has 1 aliphatic carbocycles. The summed E-state index contributed by atoms with van der Waals surface area (Å²) in [6, 6.07) is 7.76. The summed E-state index contributed by atoms with van der Waals surface area (Å²) in [5.74, 6) is -0.339. The minimum absolute atomic E-state index is 0.339. The standard InChI is InChI=1S/C19H23NO4/c1-12(21)23-16-11-7-9-14-13-8-5-6-10-15(13)20(17(14)16)18(22)24-19(2,3)4/h5-6,8,10,16H,7,9,11H2,1-4H3. The largest absolute Gasteiger partial charge is 0.456 e. The third-order valence-corrected chi connectivity index (χ3v) is 4.10. The highest BCUT2D eigenvalue weighted by atomic mass is 16.6. The number of aryl methyl sites for hydroxylation is 1. The summed E-state index contributed by atoms with van der Waals surface area (Å²) in [6.07, 6.45) is 1.66. The zero-order chi connectivity index (χ0) is 17.5. The Morgan fingerprint density at radius 2 is 1.92 bits per heavy atom. The Morgan fingerprint density at radius 1 is 1.21 bits per heavy atom. The van der Waals surface area contributed by atoms with Gasteiger partial charge in [-0.1, -0.05) is 18.2 Å². The summed E-state index contributed by atoms with van der Waals surface area (Å²) in [5.41, 5.74) is 2.04. The van der Waals surface area contributed by atoms with Crippen molar-refractivity contribution >= 4 is 23.0 Å². The lowest BCUT2D eigenvalue weighted by Crippen LogP contribution is -2.29. The predicted molar refractivity (Wildman–Crippen MR) is 91.0 cm³/mol. The van der Waals surface area contributed by atoms with Gasteiger partial charge in [-0.05, 0) is 51.7 Å². The van der Waals surface area contributed by atoms with Crippen LogP contribution < -0.4 is 0 Å². The van der Waals surface area contributed by atoms with Crippen LogP contribution in [0.1, 0.15) is 57.9 Å². The second-order valence-corrected chi connectivity index (χ2v) is 7.19. The van der Waals surface area contributed by atoms with E-state index in [1.54, 1.807) is 4.57 Å². The average Bonchev–Trinajstić information content (AvgIpc) is 2.81. The van der Waals surface area contributed by atoms with Gasteiger partial charge in [-0.3, -0.25) is 4.79 Å². The van der Waals surface area contributed by atoms with Gasteiger partial charge in [0, 0.05) is 12.3 Å². The minimum Gasteiger partial charge on any atom is -0.456 e. The molecule has 0 radical (unpaired) electrons. The summed E-state index contributed by atoms with van der Waals surface area (Å²) < 4.78 is 12.7. The Hall–Kier alpha value is -2.30. The molecular formula is C19H23NO4. The minimum atomic E-state index is -0.596. The molecule has 1 atom stereocenters. The van der Waals surface area contributed by atoms with Gasteiger partial charge in [-0.15, -0.1) is 0 Å². The second-order valence-electron chi connectivity index (χ2n) is 7.19. The van der Waals surface area contributed by atoms with Crippen LogP contribution in [-0.4, -0.2) is 22.2 Å². The molecule has 1 aliphatic rings. The monoisotopic (exact) mass is 329 g/mol. The molecule has 0 saturated carbocycles. The van der Waals surface area contributed by atoms with Gasteiger partial charge in [0.15, 0.2) is 0 Å². The van der Waals surface area contributed by atoms with Crippen molar-refractivity contribution < 1.29 is 19.1 Å². The smallest absolute Gasteiger partial charge is 0.419 e. The van der Waals surface area contributed by atoms with Crippen molar-refractivity contribution in [2.45, 2.75) is 58.7 Å². The Morgan fingerprint density at radius 3 is 2.58 bits per heavy atom. The first-order valence-corrected chi connectivity index (χ1v) is 8.30. The molecule has 2 aromatic rings. The molecule has 1 heterocycles. The number of hydrogen-bond acceptors (Lipinski definition) is 4. The summed E-state index contributed by atoms with van der Waals surface area (Å²) >= 11 is 0. The molecule has 0 amide bonds. The van der Waals surface area contributed by atoms with Gasteiger partial charge < -0.3 is 9.47 Å². The number of hydrogen-bond donors (Lipinski definition) is 0. The third-order valence-electron chi connectivity index (χ3n) is 4.10. The number of aromatic nitrogens is 1. The lowest BCUT2D eigenvalue weighted by Gasteiger charge is -2.26. The van der Waals surface area contributed by atoms with Gasteiger partial charge in [0.1, 0.15) is 11.7 Å². The zero-order valence-corrected chi connectivity index (χ0v) is 14.6. The molecule has 0 saturated heterocycles. The number of carbonyl (C=O) groups is 2. The molecule has 24 heavy (non-hydrogen) atoms. The van der Waals surface area contributed by atoms with E-state index in [-0.39, 0.29) is 5.97 Å². The van der Waals surface area contributed by atoms with E-state index in [2.05, 4.69) is 0 Å². The number of benzene rings is 1. The lowest BCUT2D eigenvalue weighted by molar-refractivity contribution is -0.147. The van der Waals surface area contributed by atoms with Crippen molar-refractivity contribution in [3.05, 3.63) is 35.5 Å². The van der Waals surface area contributed by atoms with E-state index in [1.165, 1.54) is 6.92 Å². The molecule has 5 heteroatoms. The molecule has 5 nitrogen and oxygen atoms in total. The number of esters is 1. The molecule has 0 N–H and O–H groups in total. The Kier molecular flexibility index (Phi) is 4.11. The van der Waals surface area contributed by atoms with Crippen LogP contribution in [0.2, 0.25) is 0 Å². The molecule has 3 rings (SSSR count). The number of rotatable bonds is 1. The topological polar surface area (TPSA) is 57.5 Å². The summed E-state index contributed by atoms with van der Waals surface area (Å²) in [7, 11) is 0. The molecule has 0 spiro atoms. The van der Waals surface area contributed by atoms with Gasteiger partial charge >= 0.3 is 12.1 Å². The highest BCUT2D eigenvalue weighted by Crippen LogP contribution is 2.39. The number of nitrogens with zero attached hydrogens (tertiary/aromatic N) is 1. The highest BCUT2D eigenvalue weighted by Gasteiger charge is 2.33. The Labute approximate surface area is 141 Å². The summed E-state index contributed by atoms with van der Waals surface area (Å²) in [6.45, 7) is 6.92. The summed E-state index contributed by atoms with van der Waals surface area (Å²) in [4.78, 5) is 24.3. The van der Waals surface area contributed by atoms with E-state index in [4.69, 9.17) is 9.47 Å². The molecule has 0 bridgehead atoms. The van der Waals surface area contributed by atoms with E-state index in [9.17, 15) is 9.59 Å². The number of ether oxygens (including phenoxy) is 2. The van der Waals surface area contributed by atoms with Crippen molar-refractivity contribution in [2.24, 2.45) is 0 Å². The Balaban J connectivity index is 2.19. The average molecular weight is 329 g/mol. The van der Waals surface area contributed by atoms with Gasteiger partial charge in [-0.2, -0.15) is 0 Å². The van der Waals surface area contributed by atoms with Crippen LogP contribution in [0, 0.1) is 0 Å². The van der Waals surface area contributed by atoms with Crippen molar-refractivity contribution in [1.82, 2.24) is 4.57 Å². The molecule has 1 aromatic heterocycles. The van der Waals surface area contributed by atoms with Gasteiger partial charge in [-0.25, -0.2) is 9.36 Å². The molecule has 1 unspecified atom stereocenters. The zero-order valence-electron chi connectivity index (χ0n) is 14.6. The van der Waals surface area contributed by atoms with Gasteiger partial charge in [0.2, 0.25) is 0 Å². The van der Waals surface area contributed by atoms with E-state index in [1.807, 2.05) is 45.0 Å². The molecule has 0 aliphatic heterocycles. The highest BCUT2D eigenvalue weighted by molar-refractivity contribution is 5.94. The van der Waals surface area contributed by atoms with Crippen LogP contribution in [-0.2, 0) is 20.7 Å². The number of para-hydroxylation sites is 1. The molecule has 128 valence electrons. The number of fused-ring (bicyclic) bond motifs is 3. The SMILES string of the molecule is CC(=O)OC1CCCc2c1n(C(=O)OC(C)(C)C)c1ccccc21. The van der Waals surface area contributed by atoms with Gasteiger partial charge in [0.25, 0.3) is 0 Å². The van der Waals surface area contributed by atoms with Gasteiger partial charge in [0.05, 0.1) is 11.2 Å².